The van der Waals surface area contributed by atoms with Crippen molar-refractivity contribution in [3.8, 4) is 10.4 Å². The van der Waals surface area contributed by atoms with Crippen molar-refractivity contribution in [2.24, 2.45) is 10.9 Å². The third kappa shape index (κ3) is 5.07. The predicted molar refractivity (Wildman–Crippen MR) is 159 cm³/mol. The quantitative estimate of drug-likeness (QED) is 0.470. The molecule has 0 aliphatic carbocycles. The van der Waals surface area contributed by atoms with Gasteiger partial charge in [-0.25, -0.2) is 4.99 Å². The average molecular weight is 560 g/mol. The van der Waals surface area contributed by atoms with Gasteiger partial charge in [-0.05, 0) is 76.1 Å². The Bertz CT molecular complexity index is 1520. The Morgan fingerprint density at radius 2 is 2.02 bits per heavy atom. The second-order valence-electron chi connectivity index (χ2n) is 11.1. The fraction of sp³-hybridized carbons (Fsp3) is 0.452. The number of carbonyl (C=O) groups is 2. The van der Waals surface area contributed by atoms with Crippen LogP contribution in [0.1, 0.15) is 58.9 Å². The van der Waals surface area contributed by atoms with Crippen molar-refractivity contribution in [1.82, 2.24) is 19.9 Å². The number of morpholine rings is 1. The van der Waals surface area contributed by atoms with Crippen LogP contribution in [-0.4, -0.2) is 66.2 Å². The minimum Gasteiger partial charge on any atom is -0.379 e. The van der Waals surface area contributed by atoms with Crippen LogP contribution in [0.4, 0.5) is 0 Å². The van der Waals surface area contributed by atoms with Crippen LogP contribution >= 0.6 is 11.3 Å². The Morgan fingerprint density at radius 3 is 2.77 bits per heavy atom. The summed E-state index contributed by atoms with van der Waals surface area (Å²) in [6.45, 7) is 13.3. The number of nitrogens with zero attached hydrogens (tertiary/aromatic N) is 3. The number of rotatable bonds is 6. The van der Waals surface area contributed by atoms with Crippen molar-refractivity contribution < 1.29 is 14.3 Å². The molecule has 0 spiro atoms. The number of thiophene rings is 1. The molecule has 3 aliphatic heterocycles. The van der Waals surface area contributed by atoms with E-state index in [0.29, 0.717) is 24.5 Å². The summed E-state index contributed by atoms with van der Waals surface area (Å²) in [6, 6.07) is 6.63. The average Bonchev–Trinajstić information content (AvgIpc) is 3.56. The number of aliphatic imine (C=N–C) groups is 1. The number of dihydropyridines is 1. The summed E-state index contributed by atoms with van der Waals surface area (Å²) in [5.41, 5.74) is 7.96. The van der Waals surface area contributed by atoms with Gasteiger partial charge in [-0.2, -0.15) is 0 Å². The van der Waals surface area contributed by atoms with Crippen LogP contribution in [-0.2, 0) is 22.5 Å². The second kappa shape index (κ2) is 11.0. The fourth-order valence-electron chi connectivity index (χ4n) is 6.24. The molecule has 210 valence electrons. The molecule has 0 aromatic carbocycles. The van der Waals surface area contributed by atoms with Gasteiger partial charge in [-0.1, -0.05) is 5.57 Å². The summed E-state index contributed by atoms with van der Waals surface area (Å²) >= 11 is 1.86. The summed E-state index contributed by atoms with van der Waals surface area (Å²) in [7, 11) is 0. The molecule has 2 N–H and O–H groups in total. The zero-order chi connectivity index (χ0) is 28.0. The number of hydrogen-bond donors (Lipinski definition) is 2. The van der Waals surface area contributed by atoms with Crippen LogP contribution in [0.2, 0.25) is 0 Å². The molecule has 3 aliphatic rings. The molecular weight excluding hydrogens is 522 g/mol. The van der Waals surface area contributed by atoms with Gasteiger partial charge < -0.3 is 19.8 Å². The highest BCUT2D eigenvalue weighted by molar-refractivity contribution is 7.15. The Labute approximate surface area is 239 Å². The number of hydrogen-bond acceptors (Lipinski definition) is 6. The van der Waals surface area contributed by atoms with Crippen molar-refractivity contribution in [3.05, 3.63) is 63.3 Å². The number of carbonyl (C=O) groups excluding carboxylic acids is 2. The third-order valence-electron chi connectivity index (χ3n) is 8.50. The van der Waals surface area contributed by atoms with Crippen LogP contribution in [0, 0.1) is 12.8 Å². The van der Waals surface area contributed by atoms with Crippen LogP contribution in [0.25, 0.3) is 16.0 Å². The lowest BCUT2D eigenvalue weighted by atomic mass is 9.95. The first-order chi connectivity index (χ1) is 19.3. The van der Waals surface area contributed by atoms with Gasteiger partial charge >= 0.3 is 0 Å². The highest BCUT2D eigenvalue weighted by atomic mass is 32.1. The third-order valence-corrected chi connectivity index (χ3v) is 9.73. The van der Waals surface area contributed by atoms with Gasteiger partial charge in [0, 0.05) is 76.2 Å². The molecule has 0 saturated carbocycles. The summed E-state index contributed by atoms with van der Waals surface area (Å²) in [6.07, 6.45) is 5.21. The maximum atomic E-state index is 13.7. The Morgan fingerprint density at radius 1 is 1.23 bits per heavy atom. The van der Waals surface area contributed by atoms with Gasteiger partial charge in [0.1, 0.15) is 0 Å². The van der Waals surface area contributed by atoms with E-state index in [2.05, 4.69) is 50.2 Å². The van der Waals surface area contributed by atoms with E-state index in [-0.39, 0.29) is 24.4 Å². The first kappa shape index (κ1) is 27.1. The van der Waals surface area contributed by atoms with E-state index in [9.17, 15) is 9.59 Å². The van der Waals surface area contributed by atoms with Crippen LogP contribution < -0.4 is 10.6 Å². The lowest BCUT2D eigenvalue weighted by Gasteiger charge is -2.34. The largest absolute Gasteiger partial charge is 0.379 e. The Kier molecular flexibility index (Phi) is 7.48. The van der Waals surface area contributed by atoms with Gasteiger partial charge in [0.05, 0.1) is 19.1 Å². The summed E-state index contributed by atoms with van der Waals surface area (Å²) in [4.78, 5) is 35.4. The molecule has 3 aromatic rings. The highest BCUT2D eigenvalue weighted by Gasteiger charge is 2.28. The van der Waals surface area contributed by atoms with Crippen molar-refractivity contribution in [3.63, 3.8) is 0 Å². The van der Waals surface area contributed by atoms with Crippen molar-refractivity contribution in [2.75, 3.05) is 39.4 Å². The Balaban J connectivity index is 1.37. The number of aromatic nitrogens is 1. The Hall–Kier alpha value is -3.11. The maximum Gasteiger partial charge on any atom is 0.254 e. The molecular formula is C31H37N5O3S. The number of ether oxygens (including phenoxy) is 1. The minimum absolute atomic E-state index is 0.0996. The van der Waals surface area contributed by atoms with Crippen LogP contribution in [0.5, 0.6) is 0 Å². The maximum absolute atomic E-state index is 13.7. The highest BCUT2D eigenvalue weighted by Crippen LogP contribution is 2.37. The second-order valence-corrected chi connectivity index (χ2v) is 12.3. The monoisotopic (exact) mass is 559 g/mol. The van der Waals surface area contributed by atoms with Crippen LogP contribution in [0.15, 0.2) is 41.0 Å². The number of nitrogens with one attached hydrogen (secondary N) is 2. The standard InChI is InChI=1S/C31H37N5O3S/c1-18-11-19(2)34-31(38)26(18)15-33-30(37)25-14-24-12-23(27-13-22-5-6-32-16-28(22)40-27)17-36(24)29(20(25)3)21(4)35-7-9-39-10-8-35/h11-14,17,21,26,32H,5-10,15-16H2,1-4H3,(H,33,37). The molecule has 8 nitrogen and oxygen atoms in total. The molecule has 0 radical (unpaired) electrons. The molecule has 6 rings (SSSR count). The molecule has 1 fully saturated rings. The first-order valence-electron chi connectivity index (χ1n) is 14.2. The van der Waals surface area contributed by atoms with Gasteiger partial charge in [0.25, 0.3) is 11.8 Å². The first-order valence-corrected chi connectivity index (χ1v) is 15.0. The molecule has 9 heteroatoms. The van der Waals surface area contributed by atoms with Gasteiger partial charge in [-0.15, -0.1) is 11.3 Å². The lowest BCUT2D eigenvalue weighted by molar-refractivity contribution is -0.120. The summed E-state index contributed by atoms with van der Waals surface area (Å²) < 4.78 is 7.89. The van der Waals surface area contributed by atoms with Crippen LogP contribution in [0.3, 0.4) is 0 Å². The van der Waals surface area contributed by atoms with E-state index in [4.69, 9.17) is 4.74 Å². The number of fused-ring (bicyclic) bond motifs is 2. The summed E-state index contributed by atoms with van der Waals surface area (Å²) in [5.74, 6) is -0.790. The topological polar surface area (TPSA) is 87.4 Å². The molecule has 2 amide bonds. The molecule has 0 bridgehead atoms. The number of allylic oxidation sites excluding steroid dienone is 1. The van der Waals surface area contributed by atoms with Crippen molar-refractivity contribution >= 4 is 34.4 Å². The summed E-state index contributed by atoms with van der Waals surface area (Å²) in [5, 5.41) is 6.53. The molecule has 3 aromatic heterocycles. The minimum atomic E-state index is -0.428. The zero-order valence-corrected chi connectivity index (χ0v) is 24.5. The lowest BCUT2D eigenvalue weighted by Crippen LogP contribution is -2.39. The molecule has 1 saturated heterocycles. The number of pyridine rings is 1. The molecule has 2 unspecified atom stereocenters. The fourth-order valence-corrected chi connectivity index (χ4v) is 7.40. The van der Waals surface area contributed by atoms with Gasteiger partial charge in [0.15, 0.2) is 0 Å². The number of amides is 2. The molecule has 2 atom stereocenters. The van der Waals surface area contributed by atoms with Gasteiger partial charge in [0.2, 0.25) is 0 Å². The predicted octanol–water partition coefficient (Wildman–Crippen LogP) is 4.31. The van der Waals surface area contributed by atoms with E-state index in [0.717, 1.165) is 54.9 Å². The van der Waals surface area contributed by atoms with E-state index >= 15 is 0 Å². The van der Waals surface area contributed by atoms with Crippen molar-refractivity contribution in [1.29, 1.82) is 0 Å². The van der Waals surface area contributed by atoms with Gasteiger partial charge in [-0.3, -0.25) is 14.5 Å². The normalized spacial score (nSPS) is 20.7. The van der Waals surface area contributed by atoms with E-state index in [1.807, 2.05) is 44.3 Å². The van der Waals surface area contributed by atoms with E-state index in [1.54, 1.807) is 0 Å². The van der Waals surface area contributed by atoms with Crippen molar-refractivity contribution in [2.45, 2.75) is 46.7 Å². The van der Waals surface area contributed by atoms with E-state index in [1.165, 1.54) is 20.9 Å². The smallest absolute Gasteiger partial charge is 0.254 e. The van der Waals surface area contributed by atoms with E-state index < -0.39 is 5.92 Å². The SMILES string of the molecule is CC1=CC(C)=NC(=O)C1CNC(=O)c1cc2cc(-c3cc4c(s3)CNCC4)cn2c(C(C)N2CCOCC2)c1C. The molecule has 40 heavy (non-hydrogen) atoms. The zero-order valence-electron chi connectivity index (χ0n) is 23.7. The molecule has 6 heterocycles.